The van der Waals surface area contributed by atoms with Crippen molar-refractivity contribution in [1.29, 1.82) is 0 Å². The second kappa shape index (κ2) is 10.3. The van der Waals surface area contributed by atoms with Gasteiger partial charge in [0.1, 0.15) is 5.75 Å². The average molecular weight is 447 g/mol. The summed E-state index contributed by atoms with van der Waals surface area (Å²) in [6.45, 7) is 1.77. The van der Waals surface area contributed by atoms with Gasteiger partial charge in [0, 0.05) is 41.7 Å². The molecular weight excluding hydrogens is 420 g/mol. The van der Waals surface area contributed by atoms with E-state index in [9.17, 15) is 9.59 Å². The molecule has 0 bridgehead atoms. The second-order valence-corrected chi connectivity index (χ2v) is 8.69. The number of hydrogen-bond donors (Lipinski definition) is 0. The van der Waals surface area contributed by atoms with Gasteiger partial charge in [0.05, 0.1) is 13.7 Å². The summed E-state index contributed by atoms with van der Waals surface area (Å²) in [5.74, 6) is 0.875. The van der Waals surface area contributed by atoms with E-state index in [1.54, 1.807) is 24.5 Å². The maximum Gasteiger partial charge on any atom is 0.247 e. The summed E-state index contributed by atoms with van der Waals surface area (Å²) in [6, 6.07) is 19.5. The van der Waals surface area contributed by atoms with Gasteiger partial charge in [-0.25, -0.2) is 0 Å². The van der Waals surface area contributed by atoms with Crippen LogP contribution in [0.5, 0.6) is 5.75 Å². The van der Waals surface area contributed by atoms with Crippen molar-refractivity contribution in [3.8, 4) is 5.75 Å². The summed E-state index contributed by atoms with van der Waals surface area (Å²) in [4.78, 5) is 29.8. The molecule has 4 rings (SSSR count). The molecule has 6 heteroatoms. The minimum Gasteiger partial charge on any atom is -0.496 e. The molecule has 32 heavy (non-hydrogen) atoms. The molecule has 1 aliphatic heterocycles. The number of nitrogens with zero attached hydrogens (tertiary/aromatic N) is 2. The fraction of sp³-hybridized carbons (Fsp3) is 0.231. The highest BCUT2D eigenvalue weighted by Gasteiger charge is 2.21. The van der Waals surface area contributed by atoms with Crippen molar-refractivity contribution < 1.29 is 14.3 Å². The third kappa shape index (κ3) is 5.26. The van der Waals surface area contributed by atoms with E-state index in [0.717, 1.165) is 40.4 Å². The molecule has 0 radical (unpaired) electrons. The monoisotopic (exact) mass is 446 g/mol. The Morgan fingerprint density at radius 2 is 1.91 bits per heavy atom. The normalized spacial score (nSPS) is 13.7. The number of benzene rings is 2. The first kappa shape index (κ1) is 21.8. The van der Waals surface area contributed by atoms with Crippen LogP contribution in [0.25, 0.3) is 6.08 Å². The maximum atomic E-state index is 13.1. The Balaban J connectivity index is 1.49. The molecule has 2 amide bonds. The van der Waals surface area contributed by atoms with Crippen molar-refractivity contribution in [1.82, 2.24) is 4.90 Å². The standard InChI is InChI=1S/C26H26N2O3S/c1-31-24-8-3-2-6-21(24)18-27(19-23-7-5-17-32-23)25(29)15-12-20-10-13-22(14-11-20)28-16-4-9-26(28)30/h2-3,5-8,10-15,17H,4,9,16,18-19H2,1H3/b15-12+. The van der Waals surface area contributed by atoms with E-state index in [0.29, 0.717) is 19.5 Å². The number of carbonyl (C=O) groups is 2. The van der Waals surface area contributed by atoms with Crippen LogP contribution in [-0.4, -0.2) is 30.4 Å². The van der Waals surface area contributed by atoms with E-state index < -0.39 is 0 Å². The van der Waals surface area contributed by atoms with Gasteiger partial charge in [-0.1, -0.05) is 36.4 Å². The van der Waals surface area contributed by atoms with E-state index in [2.05, 4.69) is 0 Å². The van der Waals surface area contributed by atoms with Gasteiger partial charge in [-0.15, -0.1) is 11.3 Å². The molecule has 0 saturated carbocycles. The quantitative estimate of drug-likeness (QED) is 0.451. The topological polar surface area (TPSA) is 49.9 Å². The van der Waals surface area contributed by atoms with Crippen LogP contribution in [0.4, 0.5) is 5.69 Å². The number of methoxy groups -OCH3 is 1. The van der Waals surface area contributed by atoms with Crippen LogP contribution >= 0.6 is 11.3 Å². The van der Waals surface area contributed by atoms with Gasteiger partial charge in [-0.2, -0.15) is 0 Å². The summed E-state index contributed by atoms with van der Waals surface area (Å²) >= 11 is 1.64. The highest BCUT2D eigenvalue weighted by atomic mass is 32.1. The van der Waals surface area contributed by atoms with Crippen molar-refractivity contribution in [2.24, 2.45) is 0 Å². The fourth-order valence-electron chi connectivity index (χ4n) is 3.80. The molecule has 164 valence electrons. The number of ether oxygens (including phenoxy) is 1. The van der Waals surface area contributed by atoms with Crippen molar-refractivity contribution in [2.75, 3.05) is 18.6 Å². The number of thiophene rings is 1. The first-order valence-corrected chi connectivity index (χ1v) is 11.5. The predicted octanol–water partition coefficient (Wildman–Crippen LogP) is 5.13. The molecule has 0 atom stereocenters. The molecule has 1 aliphatic rings. The molecule has 2 aromatic carbocycles. The minimum absolute atomic E-state index is 0.0666. The van der Waals surface area contributed by atoms with E-state index in [-0.39, 0.29) is 11.8 Å². The van der Waals surface area contributed by atoms with E-state index in [1.165, 1.54) is 0 Å². The van der Waals surface area contributed by atoms with Crippen LogP contribution in [-0.2, 0) is 22.7 Å². The number of rotatable bonds is 8. The molecule has 1 fully saturated rings. The second-order valence-electron chi connectivity index (χ2n) is 7.66. The lowest BCUT2D eigenvalue weighted by molar-refractivity contribution is -0.127. The predicted molar refractivity (Wildman–Crippen MR) is 129 cm³/mol. The molecule has 0 unspecified atom stereocenters. The average Bonchev–Trinajstić information content (AvgIpc) is 3.49. The van der Waals surface area contributed by atoms with Crippen molar-refractivity contribution in [3.05, 3.63) is 88.1 Å². The fourth-order valence-corrected chi connectivity index (χ4v) is 4.52. The van der Waals surface area contributed by atoms with Gasteiger partial charge in [0.25, 0.3) is 0 Å². The molecule has 3 aromatic rings. The third-order valence-corrected chi connectivity index (χ3v) is 6.35. The zero-order valence-electron chi connectivity index (χ0n) is 18.1. The minimum atomic E-state index is -0.0666. The zero-order valence-corrected chi connectivity index (χ0v) is 18.9. The van der Waals surface area contributed by atoms with Gasteiger partial charge in [0.15, 0.2) is 0 Å². The lowest BCUT2D eigenvalue weighted by atomic mass is 10.1. The molecule has 1 aromatic heterocycles. The lowest BCUT2D eigenvalue weighted by Crippen LogP contribution is -2.28. The van der Waals surface area contributed by atoms with Crippen LogP contribution < -0.4 is 9.64 Å². The molecular formula is C26H26N2O3S. The Hall–Kier alpha value is -3.38. The van der Waals surface area contributed by atoms with Crippen LogP contribution in [0.15, 0.2) is 72.1 Å². The summed E-state index contributed by atoms with van der Waals surface area (Å²) < 4.78 is 5.47. The van der Waals surface area contributed by atoms with E-state index in [1.807, 2.05) is 81.9 Å². The Labute approximate surface area is 192 Å². The Morgan fingerprint density at radius 3 is 2.59 bits per heavy atom. The molecule has 1 saturated heterocycles. The largest absolute Gasteiger partial charge is 0.496 e. The Bertz CT molecular complexity index is 1090. The smallest absolute Gasteiger partial charge is 0.247 e. The molecule has 5 nitrogen and oxygen atoms in total. The number of amides is 2. The molecule has 2 heterocycles. The summed E-state index contributed by atoms with van der Waals surface area (Å²) in [5, 5.41) is 2.02. The van der Waals surface area contributed by atoms with Crippen LogP contribution in [0, 0.1) is 0 Å². The van der Waals surface area contributed by atoms with Crippen molar-refractivity contribution >= 4 is 34.9 Å². The van der Waals surface area contributed by atoms with Gasteiger partial charge in [-0.3, -0.25) is 9.59 Å². The summed E-state index contributed by atoms with van der Waals surface area (Å²) in [7, 11) is 1.64. The highest BCUT2D eigenvalue weighted by Crippen LogP contribution is 2.23. The van der Waals surface area contributed by atoms with Crippen LogP contribution in [0.1, 0.15) is 28.8 Å². The maximum absolute atomic E-state index is 13.1. The number of carbonyl (C=O) groups excluding carboxylic acids is 2. The van der Waals surface area contributed by atoms with Crippen LogP contribution in [0.3, 0.4) is 0 Å². The first-order chi connectivity index (χ1) is 15.6. The zero-order chi connectivity index (χ0) is 22.3. The summed E-state index contributed by atoms with van der Waals surface area (Å²) in [5.41, 5.74) is 2.79. The molecule has 0 spiro atoms. The number of anilines is 1. The number of para-hydroxylation sites is 1. The lowest BCUT2D eigenvalue weighted by Gasteiger charge is -2.22. The Kier molecular flexibility index (Phi) is 7.02. The highest BCUT2D eigenvalue weighted by molar-refractivity contribution is 7.09. The van der Waals surface area contributed by atoms with E-state index >= 15 is 0 Å². The summed E-state index contributed by atoms with van der Waals surface area (Å²) in [6.07, 6.45) is 4.95. The van der Waals surface area contributed by atoms with Gasteiger partial charge in [-0.05, 0) is 47.7 Å². The molecule has 0 aliphatic carbocycles. The van der Waals surface area contributed by atoms with Gasteiger partial charge < -0.3 is 14.5 Å². The van der Waals surface area contributed by atoms with Crippen molar-refractivity contribution in [3.63, 3.8) is 0 Å². The number of hydrogen-bond acceptors (Lipinski definition) is 4. The Morgan fingerprint density at radius 1 is 1.09 bits per heavy atom. The SMILES string of the molecule is COc1ccccc1CN(Cc1cccs1)C(=O)/C=C/c1ccc(N2CCCC2=O)cc1. The van der Waals surface area contributed by atoms with Crippen molar-refractivity contribution in [2.45, 2.75) is 25.9 Å². The third-order valence-electron chi connectivity index (χ3n) is 5.49. The first-order valence-electron chi connectivity index (χ1n) is 10.7. The molecule has 0 N–H and O–H groups in total. The van der Waals surface area contributed by atoms with Crippen LogP contribution in [0.2, 0.25) is 0 Å². The van der Waals surface area contributed by atoms with E-state index in [4.69, 9.17) is 4.74 Å². The van der Waals surface area contributed by atoms with Gasteiger partial charge in [0.2, 0.25) is 11.8 Å². The van der Waals surface area contributed by atoms with Gasteiger partial charge >= 0.3 is 0 Å².